The predicted octanol–water partition coefficient (Wildman–Crippen LogP) is 5.93. The van der Waals surface area contributed by atoms with Crippen LogP contribution >= 0.6 is 11.6 Å². The maximum absolute atomic E-state index is 14.6. The summed E-state index contributed by atoms with van der Waals surface area (Å²) >= 11 is 5.84. The number of aromatic amines is 1. The first-order valence-electron chi connectivity index (χ1n) is 8.54. The fraction of sp³-hybridized carbons (Fsp3) is 0.0909. The monoisotopic (exact) mass is 396 g/mol. The Morgan fingerprint density at radius 1 is 1.32 bits per heavy atom. The van der Waals surface area contributed by atoms with E-state index in [0.717, 1.165) is 11.6 Å². The Morgan fingerprint density at radius 3 is 2.79 bits per heavy atom. The van der Waals surface area contributed by atoms with Crippen LogP contribution in [0.3, 0.4) is 0 Å². The van der Waals surface area contributed by atoms with Crippen LogP contribution in [0.5, 0.6) is 0 Å². The number of allylic oxidation sites excluding steroid dienone is 5. The second-order valence-corrected chi connectivity index (χ2v) is 6.49. The number of hydrogen-bond donors (Lipinski definition) is 1. The maximum Gasteiger partial charge on any atom is 0.195 e. The van der Waals surface area contributed by atoms with E-state index in [-0.39, 0.29) is 23.7 Å². The van der Waals surface area contributed by atoms with Crippen molar-refractivity contribution in [2.75, 3.05) is 0 Å². The Bertz CT molecular complexity index is 1080. The van der Waals surface area contributed by atoms with Crippen molar-refractivity contribution in [3.63, 3.8) is 0 Å². The number of halogens is 2. The standard InChI is InChI=1S/C22H18ClFN2O2/c1-3-16(21(27)19-12-26-22-18(19)5-4-10-25-22)11-20(24)14(2)28-13-15-6-8-17(23)9-7-15/h3-12H,1,13H2,2H3,(H,25,26)/b16-11+,20-14-. The van der Waals surface area contributed by atoms with Crippen LogP contribution in [0.1, 0.15) is 22.8 Å². The van der Waals surface area contributed by atoms with Gasteiger partial charge in [0, 0.05) is 33.9 Å². The van der Waals surface area contributed by atoms with Crippen molar-refractivity contribution < 1.29 is 13.9 Å². The quantitative estimate of drug-likeness (QED) is 0.233. The van der Waals surface area contributed by atoms with Gasteiger partial charge >= 0.3 is 0 Å². The van der Waals surface area contributed by atoms with E-state index in [2.05, 4.69) is 16.5 Å². The van der Waals surface area contributed by atoms with Gasteiger partial charge in [0.1, 0.15) is 18.0 Å². The highest BCUT2D eigenvalue weighted by Gasteiger charge is 2.16. The van der Waals surface area contributed by atoms with Crippen LogP contribution in [0.25, 0.3) is 11.0 Å². The average Bonchev–Trinajstić information content (AvgIpc) is 3.14. The summed E-state index contributed by atoms with van der Waals surface area (Å²) in [6.45, 7) is 5.32. The average molecular weight is 397 g/mol. The van der Waals surface area contributed by atoms with Crippen LogP contribution in [0.4, 0.5) is 4.39 Å². The zero-order chi connectivity index (χ0) is 20.1. The highest BCUT2D eigenvalue weighted by molar-refractivity contribution is 6.30. The van der Waals surface area contributed by atoms with E-state index in [0.29, 0.717) is 21.6 Å². The molecule has 142 valence electrons. The molecule has 0 aliphatic carbocycles. The minimum atomic E-state index is -0.643. The molecule has 3 aromatic rings. The molecule has 0 bridgehead atoms. The lowest BCUT2D eigenvalue weighted by Gasteiger charge is -2.07. The highest BCUT2D eigenvalue weighted by atomic mass is 35.5. The van der Waals surface area contributed by atoms with E-state index >= 15 is 0 Å². The van der Waals surface area contributed by atoms with Crippen LogP contribution in [0.2, 0.25) is 5.02 Å². The van der Waals surface area contributed by atoms with Crippen molar-refractivity contribution in [1.29, 1.82) is 0 Å². The SMILES string of the molecule is C=C/C(=C\C(F)=C(/C)OCc1ccc(Cl)cc1)C(=O)c1c[nH]c2ncccc12. The summed E-state index contributed by atoms with van der Waals surface area (Å²) < 4.78 is 20.0. The van der Waals surface area contributed by atoms with Gasteiger partial charge in [0.25, 0.3) is 0 Å². The summed E-state index contributed by atoms with van der Waals surface area (Å²) in [6.07, 6.45) is 5.63. The van der Waals surface area contributed by atoms with Gasteiger partial charge in [-0.2, -0.15) is 0 Å². The number of nitrogens with zero attached hydrogens (tertiary/aromatic N) is 1. The van der Waals surface area contributed by atoms with E-state index in [1.807, 2.05) is 0 Å². The number of fused-ring (bicyclic) bond motifs is 1. The number of pyridine rings is 1. The van der Waals surface area contributed by atoms with Crippen LogP contribution in [-0.2, 0) is 11.3 Å². The first kappa shape index (κ1) is 19.6. The van der Waals surface area contributed by atoms with Crippen LogP contribution in [-0.4, -0.2) is 15.8 Å². The molecule has 3 rings (SSSR count). The Balaban J connectivity index is 1.79. The van der Waals surface area contributed by atoms with Crippen molar-refractivity contribution in [2.24, 2.45) is 0 Å². The molecular weight excluding hydrogens is 379 g/mol. The first-order valence-corrected chi connectivity index (χ1v) is 8.92. The van der Waals surface area contributed by atoms with Gasteiger partial charge in [0.05, 0.1) is 0 Å². The van der Waals surface area contributed by atoms with Gasteiger partial charge in [-0.3, -0.25) is 4.79 Å². The molecule has 0 aliphatic heterocycles. The second-order valence-electron chi connectivity index (χ2n) is 6.05. The molecule has 1 N–H and O–H groups in total. The van der Waals surface area contributed by atoms with Crippen molar-refractivity contribution >= 4 is 28.4 Å². The number of Topliss-reactive ketones (excluding diaryl/α,β-unsaturated/α-hetero) is 1. The van der Waals surface area contributed by atoms with Crippen molar-refractivity contribution in [1.82, 2.24) is 9.97 Å². The molecule has 1 aromatic carbocycles. The van der Waals surface area contributed by atoms with Gasteiger partial charge in [-0.1, -0.05) is 36.4 Å². The molecular formula is C22H18ClFN2O2. The lowest BCUT2D eigenvalue weighted by molar-refractivity contribution is 0.103. The van der Waals surface area contributed by atoms with Gasteiger partial charge in [-0.05, 0) is 42.8 Å². The van der Waals surface area contributed by atoms with E-state index in [1.54, 1.807) is 48.8 Å². The van der Waals surface area contributed by atoms with Crippen molar-refractivity contribution in [3.8, 4) is 0 Å². The first-order chi connectivity index (χ1) is 13.5. The zero-order valence-corrected chi connectivity index (χ0v) is 16.0. The van der Waals surface area contributed by atoms with Crippen LogP contribution in [0, 0.1) is 0 Å². The number of nitrogens with one attached hydrogen (secondary N) is 1. The Labute approximate surface area is 167 Å². The highest BCUT2D eigenvalue weighted by Crippen LogP contribution is 2.22. The number of hydrogen-bond acceptors (Lipinski definition) is 3. The van der Waals surface area contributed by atoms with E-state index < -0.39 is 5.83 Å². The Hall–Kier alpha value is -3.18. The molecule has 0 saturated carbocycles. The third kappa shape index (κ3) is 4.38. The fourth-order valence-corrected chi connectivity index (χ4v) is 2.72. The maximum atomic E-state index is 14.6. The molecule has 0 spiro atoms. The third-order valence-corrected chi connectivity index (χ3v) is 4.42. The molecule has 6 heteroatoms. The Morgan fingerprint density at radius 2 is 2.07 bits per heavy atom. The van der Waals surface area contributed by atoms with E-state index in [1.165, 1.54) is 13.0 Å². The molecule has 0 unspecified atom stereocenters. The number of H-pyrrole nitrogens is 1. The lowest BCUT2D eigenvalue weighted by atomic mass is 10.0. The summed E-state index contributed by atoms with van der Waals surface area (Å²) in [6, 6.07) is 10.6. The normalized spacial score (nSPS) is 12.6. The molecule has 0 fully saturated rings. The minimum Gasteiger partial charge on any atom is -0.490 e. The van der Waals surface area contributed by atoms with Crippen molar-refractivity contribution in [2.45, 2.75) is 13.5 Å². The molecule has 2 aromatic heterocycles. The van der Waals surface area contributed by atoms with Crippen molar-refractivity contribution in [3.05, 3.63) is 101 Å². The number of rotatable bonds is 7. The number of carbonyl (C=O) groups is 1. The van der Waals surface area contributed by atoms with E-state index in [9.17, 15) is 9.18 Å². The molecule has 2 heterocycles. The summed E-state index contributed by atoms with van der Waals surface area (Å²) in [5, 5.41) is 1.28. The molecule has 0 amide bonds. The molecule has 0 aliphatic rings. The third-order valence-electron chi connectivity index (χ3n) is 4.16. The van der Waals surface area contributed by atoms with Crippen LogP contribution < -0.4 is 0 Å². The predicted molar refractivity (Wildman–Crippen MR) is 109 cm³/mol. The minimum absolute atomic E-state index is 0.0719. The summed E-state index contributed by atoms with van der Waals surface area (Å²) in [5.41, 5.74) is 1.97. The van der Waals surface area contributed by atoms with Gasteiger partial charge in [0.15, 0.2) is 11.6 Å². The molecule has 4 nitrogen and oxygen atoms in total. The number of carbonyl (C=O) groups excluding carboxylic acids is 1. The molecule has 0 saturated heterocycles. The fourth-order valence-electron chi connectivity index (χ4n) is 2.60. The van der Waals surface area contributed by atoms with Gasteiger partial charge < -0.3 is 9.72 Å². The van der Waals surface area contributed by atoms with Gasteiger partial charge in [-0.25, -0.2) is 9.37 Å². The topological polar surface area (TPSA) is 55.0 Å². The molecule has 28 heavy (non-hydrogen) atoms. The van der Waals surface area contributed by atoms with Crippen LogP contribution in [0.15, 0.2) is 84.7 Å². The largest absolute Gasteiger partial charge is 0.490 e. The number of ketones is 1. The summed E-state index contributed by atoms with van der Waals surface area (Å²) in [4.78, 5) is 19.9. The number of ether oxygens (including phenoxy) is 1. The van der Waals surface area contributed by atoms with Gasteiger partial charge in [0.2, 0.25) is 0 Å². The molecule has 0 atom stereocenters. The number of benzene rings is 1. The second kappa shape index (κ2) is 8.67. The summed E-state index contributed by atoms with van der Waals surface area (Å²) in [5.74, 6) is -0.923. The van der Waals surface area contributed by atoms with Gasteiger partial charge in [-0.15, -0.1) is 0 Å². The smallest absolute Gasteiger partial charge is 0.195 e. The number of aromatic nitrogens is 2. The summed E-state index contributed by atoms with van der Waals surface area (Å²) in [7, 11) is 0. The molecule has 0 radical (unpaired) electrons. The lowest BCUT2D eigenvalue weighted by Crippen LogP contribution is -2.01. The van der Waals surface area contributed by atoms with E-state index in [4.69, 9.17) is 16.3 Å². The Kier molecular flexibility index (Phi) is 6.06. The zero-order valence-electron chi connectivity index (χ0n) is 15.2.